The van der Waals surface area contributed by atoms with E-state index in [1.165, 1.54) is 18.1 Å². The lowest BCUT2D eigenvalue weighted by atomic mass is 10.1. The molecule has 0 aliphatic carbocycles. The summed E-state index contributed by atoms with van der Waals surface area (Å²) in [6.07, 6.45) is 1.47. The van der Waals surface area contributed by atoms with Crippen LogP contribution in [0.5, 0.6) is 0 Å². The van der Waals surface area contributed by atoms with Gasteiger partial charge >= 0.3 is 5.97 Å². The molecule has 0 unspecified atom stereocenters. The quantitative estimate of drug-likeness (QED) is 0.743. The zero-order chi connectivity index (χ0) is 14.1. The number of carbonyl (C=O) groups is 1. The number of fused-ring (bicyclic) bond motifs is 1. The Morgan fingerprint density at radius 2 is 2.25 bits per heavy atom. The molecule has 3 rings (SSSR count). The number of hydrogen-bond donors (Lipinski definition) is 1. The minimum absolute atomic E-state index is 0.0131. The molecule has 0 aliphatic rings. The highest BCUT2D eigenvalue weighted by Gasteiger charge is 2.20. The minimum atomic E-state index is -1.06. The topological polar surface area (TPSA) is 81.2 Å². The number of nitrogens with zero attached hydrogens (tertiary/aromatic N) is 3. The van der Waals surface area contributed by atoms with Crippen molar-refractivity contribution < 1.29 is 14.3 Å². The molecule has 0 amide bonds. The lowest BCUT2D eigenvalue weighted by molar-refractivity contribution is 0.0664. The standard InChI is InChI=1S/C13H11N3O3S/c1-16-13(14-7-15-16)20-6-9-8-4-2-3-5-10(8)19-11(9)12(17)18/h2-5,7H,6H2,1H3,(H,17,18). The van der Waals surface area contributed by atoms with Crippen LogP contribution in [-0.4, -0.2) is 25.8 Å². The molecule has 3 aromatic rings. The first-order valence-corrected chi connectivity index (χ1v) is 6.86. The van der Waals surface area contributed by atoms with E-state index in [1.807, 2.05) is 18.2 Å². The average molecular weight is 289 g/mol. The van der Waals surface area contributed by atoms with Crippen molar-refractivity contribution >= 4 is 28.7 Å². The molecule has 6 nitrogen and oxygen atoms in total. The molecule has 0 spiro atoms. The molecule has 1 N–H and O–H groups in total. The van der Waals surface area contributed by atoms with Gasteiger partial charge in [0.25, 0.3) is 0 Å². The zero-order valence-electron chi connectivity index (χ0n) is 10.6. The molecule has 0 aliphatic heterocycles. The summed E-state index contributed by atoms with van der Waals surface area (Å²) >= 11 is 1.42. The summed E-state index contributed by atoms with van der Waals surface area (Å²) in [4.78, 5) is 15.4. The normalized spacial score (nSPS) is 11.1. The van der Waals surface area contributed by atoms with Gasteiger partial charge in [0.05, 0.1) is 0 Å². The Balaban J connectivity index is 1.99. The molecular formula is C13H11N3O3S. The highest BCUT2D eigenvalue weighted by molar-refractivity contribution is 7.98. The van der Waals surface area contributed by atoms with Crippen LogP contribution in [0.4, 0.5) is 0 Å². The molecule has 2 heterocycles. The van der Waals surface area contributed by atoms with Crippen molar-refractivity contribution in [1.82, 2.24) is 14.8 Å². The summed E-state index contributed by atoms with van der Waals surface area (Å²) < 4.78 is 7.05. The van der Waals surface area contributed by atoms with Crippen molar-refractivity contribution in [1.29, 1.82) is 0 Å². The number of thioether (sulfide) groups is 1. The summed E-state index contributed by atoms with van der Waals surface area (Å²) in [7, 11) is 1.79. The van der Waals surface area contributed by atoms with Crippen LogP contribution in [0, 0.1) is 0 Å². The van der Waals surface area contributed by atoms with Crippen LogP contribution in [-0.2, 0) is 12.8 Å². The number of aromatic carboxylic acids is 1. The second kappa shape index (κ2) is 5.01. The van der Waals surface area contributed by atoms with Gasteiger partial charge < -0.3 is 9.52 Å². The first-order chi connectivity index (χ1) is 9.66. The van der Waals surface area contributed by atoms with Crippen LogP contribution >= 0.6 is 11.8 Å². The fourth-order valence-corrected chi connectivity index (χ4v) is 2.88. The minimum Gasteiger partial charge on any atom is -0.475 e. The number of furan rings is 1. The number of para-hydroxylation sites is 1. The second-order valence-corrected chi connectivity index (χ2v) is 5.11. The number of aromatic nitrogens is 3. The van der Waals surface area contributed by atoms with Gasteiger partial charge in [0.1, 0.15) is 11.9 Å². The lowest BCUT2D eigenvalue weighted by Gasteiger charge is -2.00. The van der Waals surface area contributed by atoms with Crippen molar-refractivity contribution in [2.24, 2.45) is 7.05 Å². The Hall–Kier alpha value is -2.28. The van der Waals surface area contributed by atoms with Gasteiger partial charge in [-0.25, -0.2) is 14.5 Å². The fraction of sp³-hybridized carbons (Fsp3) is 0.154. The molecule has 0 saturated carbocycles. The number of carboxylic acid groups (broad SMARTS) is 1. The van der Waals surface area contributed by atoms with Gasteiger partial charge in [0, 0.05) is 23.8 Å². The SMILES string of the molecule is Cn1ncnc1SCc1c(C(=O)O)oc2ccccc12. The molecular weight excluding hydrogens is 278 g/mol. The number of aryl methyl sites for hydroxylation is 1. The van der Waals surface area contributed by atoms with Gasteiger partial charge in [-0.1, -0.05) is 30.0 Å². The van der Waals surface area contributed by atoms with E-state index in [0.717, 1.165) is 10.5 Å². The highest BCUT2D eigenvalue weighted by atomic mass is 32.2. The van der Waals surface area contributed by atoms with E-state index in [2.05, 4.69) is 10.1 Å². The monoisotopic (exact) mass is 289 g/mol. The third kappa shape index (κ3) is 2.16. The third-order valence-electron chi connectivity index (χ3n) is 2.91. The van der Waals surface area contributed by atoms with E-state index < -0.39 is 5.97 Å². The van der Waals surface area contributed by atoms with Crippen LogP contribution in [0.25, 0.3) is 11.0 Å². The maximum absolute atomic E-state index is 11.3. The smallest absolute Gasteiger partial charge is 0.372 e. The molecule has 1 aromatic carbocycles. The van der Waals surface area contributed by atoms with E-state index in [4.69, 9.17) is 4.42 Å². The maximum atomic E-state index is 11.3. The number of hydrogen-bond acceptors (Lipinski definition) is 5. The number of rotatable bonds is 4. The predicted octanol–water partition coefficient (Wildman–Crippen LogP) is 2.55. The summed E-state index contributed by atoms with van der Waals surface area (Å²) in [5.41, 5.74) is 1.25. The second-order valence-electron chi connectivity index (χ2n) is 4.17. The van der Waals surface area contributed by atoms with Crippen LogP contribution in [0.2, 0.25) is 0 Å². The van der Waals surface area contributed by atoms with Crippen LogP contribution in [0.1, 0.15) is 16.1 Å². The maximum Gasteiger partial charge on any atom is 0.372 e. The van der Waals surface area contributed by atoms with Crippen molar-refractivity contribution in [2.75, 3.05) is 0 Å². The van der Waals surface area contributed by atoms with Crippen molar-refractivity contribution in [3.8, 4) is 0 Å². The first kappa shape index (κ1) is 12.7. The Morgan fingerprint density at radius 1 is 1.45 bits per heavy atom. The van der Waals surface area contributed by atoms with Crippen LogP contribution < -0.4 is 0 Å². The molecule has 0 bridgehead atoms. The molecule has 7 heteroatoms. The zero-order valence-corrected chi connectivity index (χ0v) is 11.4. The van der Waals surface area contributed by atoms with Gasteiger partial charge in [-0.2, -0.15) is 5.10 Å². The molecule has 2 aromatic heterocycles. The molecule has 0 fully saturated rings. The summed E-state index contributed by atoms with van der Waals surface area (Å²) in [6, 6.07) is 7.30. The van der Waals surface area contributed by atoms with E-state index >= 15 is 0 Å². The van der Waals surface area contributed by atoms with Gasteiger partial charge in [-0.05, 0) is 6.07 Å². The Bertz CT molecular complexity index is 778. The summed E-state index contributed by atoms with van der Waals surface area (Å²) in [5, 5.41) is 14.8. The van der Waals surface area contributed by atoms with E-state index in [-0.39, 0.29) is 5.76 Å². The number of carboxylic acids is 1. The third-order valence-corrected chi connectivity index (χ3v) is 3.97. The Morgan fingerprint density at radius 3 is 2.95 bits per heavy atom. The Labute approximate surface area is 118 Å². The van der Waals surface area contributed by atoms with Gasteiger partial charge in [0.15, 0.2) is 5.16 Å². The van der Waals surface area contributed by atoms with Crippen molar-refractivity contribution in [2.45, 2.75) is 10.9 Å². The molecule has 0 atom stereocenters. The predicted molar refractivity (Wildman–Crippen MR) is 73.7 cm³/mol. The fourth-order valence-electron chi connectivity index (χ4n) is 1.97. The van der Waals surface area contributed by atoms with Gasteiger partial charge in [-0.15, -0.1) is 0 Å². The van der Waals surface area contributed by atoms with Crippen molar-refractivity contribution in [3.63, 3.8) is 0 Å². The van der Waals surface area contributed by atoms with Gasteiger partial charge in [0.2, 0.25) is 5.76 Å². The molecule has 0 saturated heterocycles. The lowest BCUT2D eigenvalue weighted by Crippen LogP contribution is -1.99. The van der Waals surface area contributed by atoms with Crippen molar-refractivity contribution in [3.05, 3.63) is 41.9 Å². The molecule has 20 heavy (non-hydrogen) atoms. The largest absolute Gasteiger partial charge is 0.475 e. The van der Waals surface area contributed by atoms with E-state index in [0.29, 0.717) is 16.9 Å². The van der Waals surface area contributed by atoms with Crippen LogP contribution in [0.3, 0.4) is 0 Å². The van der Waals surface area contributed by atoms with E-state index in [1.54, 1.807) is 17.8 Å². The summed E-state index contributed by atoms with van der Waals surface area (Å²) in [5.74, 6) is -0.610. The first-order valence-electron chi connectivity index (χ1n) is 5.87. The molecule has 102 valence electrons. The highest BCUT2D eigenvalue weighted by Crippen LogP contribution is 2.31. The van der Waals surface area contributed by atoms with Gasteiger partial charge in [-0.3, -0.25) is 0 Å². The molecule has 0 radical (unpaired) electrons. The van der Waals surface area contributed by atoms with Crippen LogP contribution in [0.15, 0.2) is 40.2 Å². The average Bonchev–Trinajstić information content (AvgIpc) is 3.00. The number of benzene rings is 1. The Kier molecular flexibility index (Phi) is 3.19. The summed E-state index contributed by atoms with van der Waals surface area (Å²) in [6.45, 7) is 0. The van der Waals surface area contributed by atoms with E-state index in [9.17, 15) is 9.90 Å².